The molecule has 5 nitrogen and oxygen atoms in total. The molecule has 0 atom stereocenters. The Morgan fingerprint density at radius 2 is 1.79 bits per heavy atom. The van der Waals surface area contributed by atoms with E-state index in [4.69, 9.17) is 4.98 Å². The minimum absolute atomic E-state index is 0.156. The maximum Gasteiger partial charge on any atom is 0.163 e. The maximum absolute atomic E-state index is 9.70. The second-order valence-corrected chi connectivity index (χ2v) is 6.30. The fourth-order valence-corrected chi connectivity index (χ4v) is 3.22. The maximum atomic E-state index is 9.70. The van der Waals surface area contributed by atoms with Gasteiger partial charge >= 0.3 is 0 Å². The summed E-state index contributed by atoms with van der Waals surface area (Å²) in [5, 5.41) is 14.3. The van der Waals surface area contributed by atoms with Gasteiger partial charge in [0.1, 0.15) is 5.82 Å². The Hall–Kier alpha value is -2.53. The number of pyridine rings is 1. The largest absolute Gasteiger partial charge is 0.393 e. The molecule has 0 aliphatic heterocycles. The summed E-state index contributed by atoms with van der Waals surface area (Å²) < 4.78 is 0. The summed E-state index contributed by atoms with van der Waals surface area (Å²) in [7, 11) is 0. The van der Waals surface area contributed by atoms with Crippen molar-refractivity contribution in [3.8, 4) is 11.4 Å². The smallest absolute Gasteiger partial charge is 0.163 e. The minimum atomic E-state index is -0.156. The van der Waals surface area contributed by atoms with Gasteiger partial charge in [-0.3, -0.25) is 4.98 Å². The van der Waals surface area contributed by atoms with Gasteiger partial charge in [-0.2, -0.15) is 0 Å². The van der Waals surface area contributed by atoms with Gasteiger partial charge in [0.25, 0.3) is 0 Å². The van der Waals surface area contributed by atoms with Crippen LogP contribution in [0.15, 0.2) is 48.8 Å². The average molecular weight is 320 g/mol. The summed E-state index contributed by atoms with van der Waals surface area (Å²) in [5.41, 5.74) is 1.83. The highest BCUT2D eigenvalue weighted by atomic mass is 16.3. The SMILES string of the molecule is OC1CCC(Nc2nc(-c3cccnc3)nc3ccccc23)CC1. The van der Waals surface area contributed by atoms with E-state index < -0.39 is 0 Å². The zero-order chi connectivity index (χ0) is 16.4. The Kier molecular flexibility index (Phi) is 4.09. The minimum Gasteiger partial charge on any atom is -0.393 e. The molecule has 3 aromatic rings. The summed E-state index contributed by atoms with van der Waals surface area (Å²) in [6.45, 7) is 0. The average Bonchev–Trinajstić information content (AvgIpc) is 2.64. The third kappa shape index (κ3) is 3.08. The zero-order valence-corrected chi connectivity index (χ0v) is 13.4. The third-order valence-corrected chi connectivity index (χ3v) is 4.56. The highest BCUT2D eigenvalue weighted by Crippen LogP contribution is 2.28. The molecule has 0 unspecified atom stereocenters. The molecule has 5 heteroatoms. The molecule has 2 N–H and O–H groups in total. The zero-order valence-electron chi connectivity index (χ0n) is 13.4. The molecule has 1 aliphatic carbocycles. The lowest BCUT2D eigenvalue weighted by Crippen LogP contribution is -2.28. The molecule has 4 rings (SSSR count). The van der Waals surface area contributed by atoms with E-state index in [1.54, 1.807) is 12.4 Å². The first-order chi connectivity index (χ1) is 11.8. The molecular formula is C19H20N4O. The lowest BCUT2D eigenvalue weighted by Gasteiger charge is -2.27. The highest BCUT2D eigenvalue weighted by molar-refractivity contribution is 5.90. The number of aliphatic hydroxyl groups is 1. The van der Waals surface area contributed by atoms with Crippen LogP contribution in [0.3, 0.4) is 0 Å². The molecule has 1 aliphatic rings. The van der Waals surface area contributed by atoms with E-state index in [0.717, 1.165) is 48.0 Å². The Balaban J connectivity index is 1.72. The van der Waals surface area contributed by atoms with Crippen LogP contribution in [0, 0.1) is 0 Å². The number of fused-ring (bicyclic) bond motifs is 1. The van der Waals surface area contributed by atoms with Crippen molar-refractivity contribution in [2.75, 3.05) is 5.32 Å². The van der Waals surface area contributed by atoms with Crippen molar-refractivity contribution in [1.29, 1.82) is 0 Å². The van der Waals surface area contributed by atoms with Crippen molar-refractivity contribution in [3.63, 3.8) is 0 Å². The van der Waals surface area contributed by atoms with Gasteiger partial charge in [0.05, 0.1) is 11.6 Å². The van der Waals surface area contributed by atoms with Crippen molar-refractivity contribution in [3.05, 3.63) is 48.8 Å². The van der Waals surface area contributed by atoms with E-state index in [1.807, 2.05) is 36.4 Å². The van der Waals surface area contributed by atoms with E-state index in [9.17, 15) is 5.11 Å². The lowest BCUT2D eigenvalue weighted by atomic mass is 9.93. The quantitative estimate of drug-likeness (QED) is 0.774. The number of benzene rings is 1. The second kappa shape index (κ2) is 6.53. The van der Waals surface area contributed by atoms with Crippen molar-refractivity contribution >= 4 is 16.7 Å². The summed E-state index contributed by atoms with van der Waals surface area (Å²) >= 11 is 0. The molecule has 0 saturated heterocycles. The van der Waals surface area contributed by atoms with Crippen LogP contribution < -0.4 is 5.32 Å². The van der Waals surface area contributed by atoms with Gasteiger partial charge in [0.2, 0.25) is 0 Å². The molecule has 0 bridgehead atoms. The number of aliphatic hydroxyl groups excluding tert-OH is 1. The number of anilines is 1. The Bertz CT molecular complexity index is 829. The second-order valence-electron chi connectivity index (χ2n) is 6.30. The van der Waals surface area contributed by atoms with Gasteiger partial charge in [0, 0.05) is 29.4 Å². The van der Waals surface area contributed by atoms with Crippen LogP contribution in [-0.4, -0.2) is 32.2 Å². The normalized spacial score (nSPS) is 20.9. The molecule has 2 heterocycles. The van der Waals surface area contributed by atoms with E-state index in [2.05, 4.69) is 15.3 Å². The molecule has 0 radical (unpaired) electrons. The van der Waals surface area contributed by atoms with Crippen LogP contribution in [-0.2, 0) is 0 Å². The van der Waals surface area contributed by atoms with Crippen molar-refractivity contribution < 1.29 is 5.11 Å². The predicted octanol–water partition coefficient (Wildman–Crippen LogP) is 3.41. The highest BCUT2D eigenvalue weighted by Gasteiger charge is 2.20. The van der Waals surface area contributed by atoms with E-state index in [1.165, 1.54) is 0 Å². The lowest BCUT2D eigenvalue weighted by molar-refractivity contribution is 0.126. The first-order valence-corrected chi connectivity index (χ1v) is 8.41. The molecule has 0 spiro atoms. The number of rotatable bonds is 3. The molecular weight excluding hydrogens is 300 g/mol. The van der Waals surface area contributed by atoms with Crippen LogP contribution in [0.1, 0.15) is 25.7 Å². The number of hydrogen-bond acceptors (Lipinski definition) is 5. The Morgan fingerprint density at radius 1 is 0.958 bits per heavy atom. The number of aromatic nitrogens is 3. The van der Waals surface area contributed by atoms with Crippen LogP contribution in [0.5, 0.6) is 0 Å². The van der Waals surface area contributed by atoms with E-state index in [0.29, 0.717) is 11.9 Å². The first kappa shape index (κ1) is 15.0. The molecule has 1 saturated carbocycles. The van der Waals surface area contributed by atoms with Gasteiger partial charge in [-0.05, 0) is 49.9 Å². The summed E-state index contributed by atoms with van der Waals surface area (Å²) in [4.78, 5) is 13.6. The van der Waals surface area contributed by atoms with Gasteiger partial charge in [-0.15, -0.1) is 0 Å². The molecule has 0 amide bonds. The number of hydrogen-bond donors (Lipinski definition) is 2. The first-order valence-electron chi connectivity index (χ1n) is 8.41. The van der Waals surface area contributed by atoms with Gasteiger partial charge < -0.3 is 10.4 Å². The Labute approximate surface area is 140 Å². The van der Waals surface area contributed by atoms with Crippen LogP contribution >= 0.6 is 0 Å². The molecule has 2 aromatic heterocycles. The molecule has 1 aromatic carbocycles. The molecule has 122 valence electrons. The third-order valence-electron chi connectivity index (χ3n) is 4.56. The number of nitrogens with zero attached hydrogens (tertiary/aromatic N) is 3. The van der Waals surface area contributed by atoms with Crippen LogP contribution in [0.2, 0.25) is 0 Å². The summed E-state index contributed by atoms with van der Waals surface area (Å²) in [6, 6.07) is 12.2. The van der Waals surface area contributed by atoms with Gasteiger partial charge in [0.15, 0.2) is 5.82 Å². The molecule has 24 heavy (non-hydrogen) atoms. The summed E-state index contributed by atoms with van der Waals surface area (Å²) in [6.07, 6.45) is 6.98. The van der Waals surface area contributed by atoms with Crippen molar-refractivity contribution in [2.24, 2.45) is 0 Å². The number of para-hydroxylation sites is 1. The fourth-order valence-electron chi connectivity index (χ4n) is 3.22. The van der Waals surface area contributed by atoms with Crippen molar-refractivity contribution in [2.45, 2.75) is 37.8 Å². The van der Waals surface area contributed by atoms with Crippen molar-refractivity contribution in [1.82, 2.24) is 15.0 Å². The van der Waals surface area contributed by atoms with Gasteiger partial charge in [-0.1, -0.05) is 12.1 Å². The van der Waals surface area contributed by atoms with Crippen LogP contribution in [0.25, 0.3) is 22.3 Å². The fraction of sp³-hybridized carbons (Fsp3) is 0.316. The monoisotopic (exact) mass is 320 g/mol. The molecule has 1 fully saturated rings. The van der Waals surface area contributed by atoms with Gasteiger partial charge in [-0.25, -0.2) is 9.97 Å². The van der Waals surface area contributed by atoms with Crippen LogP contribution in [0.4, 0.5) is 5.82 Å². The van der Waals surface area contributed by atoms with E-state index >= 15 is 0 Å². The van der Waals surface area contributed by atoms with E-state index in [-0.39, 0.29) is 6.10 Å². The Morgan fingerprint density at radius 3 is 2.58 bits per heavy atom. The standard InChI is InChI=1S/C19H20N4O/c24-15-9-7-14(8-10-15)21-19-16-5-1-2-6-17(16)22-18(23-19)13-4-3-11-20-12-13/h1-6,11-12,14-15,24H,7-10H2,(H,21,22,23). The number of nitrogens with one attached hydrogen (secondary N) is 1. The topological polar surface area (TPSA) is 70.9 Å². The summed E-state index contributed by atoms with van der Waals surface area (Å²) in [5.74, 6) is 1.54. The predicted molar refractivity (Wildman–Crippen MR) is 94.7 cm³/mol.